The molecule has 0 spiro atoms. The maximum absolute atomic E-state index is 12.4. The van der Waals surface area contributed by atoms with Crippen LogP contribution in [0.1, 0.15) is 32.6 Å². The van der Waals surface area contributed by atoms with Crippen LogP contribution in [0.5, 0.6) is 17.2 Å². The summed E-state index contributed by atoms with van der Waals surface area (Å²) in [6.45, 7) is 4.45. The molecule has 0 saturated carbocycles. The van der Waals surface area contributed by atoms with E-state index in [0.29, 0.717) is 35.1 Å². The highest BCUT2D eigenvalue weighted by Gasteiger charge is 2.09. The number of ether oxygens (including phenoxy) is 3. The Bertz CT molecular complexity index is 1440. The van der Waals surface area contributed by atoms with Crippen molar-refractivity contribution >= 4 is 23.6 Å². The first-order valence-electron chi connectivity index (χ1n) is 12.1. The Kier molecular flexibility index (Phi) is 8.57. The van der Waals surface area contributed by atoms with Gasteiger partial charge in [-0.2, -0.15) is 0 Å². The highest BCUT2D eigenvalue weighted by atomic mass is 16.5. The number of methoxy groups -OCH3 is 1. The van der Waals surface area contributed by atoms with Crippen molar-refractivity contribution < 1.29 is 23.8 Å². The Balaban J connectivity index is 1.32. The molecule has 1 N–H and O–H groups in total. The van der Waals surface area contributed by atoms with Crippen LogP contribution in [0.2, 0.25) is 0 Å². The number of hydrogen-bond donors (Lipinski definition) is 1. The Morgan fingerprint density at radius 1 is 0.842 bits per heavy atom. The summed E-state index contributed by atoms with van der Waals surface area (Å²) in [7, 11) is 1.57. The predicted molar refractivity (Wildman–Crippen MR) is 149 cm³/mol. The van der Waals surface area contributed by atoms with Crippen LogP contribution in [-0.2, 0) is 11.4 Å². The van der Waals surface area contributed by atoms with Crippen molar-refractivity contribution in [2.45, 2.75) is 20.5 Å². The second-order valence-electron chi connectivity index (χ2n) is 8.72. The summed E-state index contributed by atoms with van der Waals surface area (Å²) in [6, 6.07) is 27.4. The normalized spacial score (nSPS) is 10.7. The van der Waals surface area contributed by atoms with E-state index in [1.165, 1.54) is 6.08 Å². The van der Waals surface area contributed by atoms with E-state index in [0.717, 1.165) is 22.3 Å². The largest absolute Gasteiger partial charge is 0.493 e. The summed E-state index contributed by atoms with van der Waals surface area (Å²) < 4.78 is 16.8. The molecule has 4 aromatic carbocycles. The van der Waals surface area contributed by atoms with E-state index in [1.54, 1.807) is 43.5 Å². The van der Waals surface area contributed by atoms with E-state index in [2.05, 4.69) is 5.32 Å². The molecule has 0 fully saturated rings. The molecule has 6 nitrogen and oxygen atoms in total. The van der Waals surface area contributed by atoms with E-state index in [9.17, 15) is 9.59 Å². The number of carbonyl (C=O) groups is 2. The minimum Gasteiger partial charge on any atom is -0.493 e. The third kappa shape index (κ3) is 7.11. The van der Waals surface area contributed by atoms with Gasteiger partial charge in [0.25, 0.3) is 5.91 Å². The molecule has 0 unspecified atom stereocenters. The zero-order chi connectivity index (χ0) is 26.9. The fourth-order valence-electron chi connectivity index (χ4n) is 3.66. The highest BCUT2D eigenvalue weighted by Crippen LogP contribution is 2.29. The monoisotopic (exact) mass is 507 g/mol. The molecule has 0 saturated heterocycles. The van der Waals surface area contributed by atoms with Gasteiger partial charge in [0.05, 0.1) is 7.11 Å². The molecule has 0 radical (unpaired) electrons. The van der Waals surface area contributed by atoms with Gasteiger partial charge in [0.15, 0.2) is 11.5 Å². The standard InChI is InChI=1S/C32H29NO5/c1-22-8-14-27(15-9-22)33-32(35)25-12-16-28(17-13-25)38-31(34)19-11-24-10-18-29(30(20-24)36-3)37-21-26-7-5-4-6-23(26)2/h4-20H,21H2,1-3H3,(H,33,35)/b19-11+. The lowest BCUT2D eigenvalue weighted by atomic mass is 10.1. The molecule has 0 heterocycles. The number of hydrogen-bond acceptors (Lipinski definition) is 5. The van der Waals surface area contributed by atoms with E-state index in [-0.39, 0.29) is 5.91 Å². The minimum absolute atomic E-state index is 0.244. The smallest absolute Gasteiger partial charge is 0.336 e. The maximum atomic E-state index is 12.4. The first kappa shape index (κ1) is 26.2. The number of rotatable bonds is 9. The van der Waals surface area contributed by atoms with Crippen LogP contribution in [0.25, 0.3) is 6.08 Å². The molecule has 0 atom stereocenters. The van der Waals surface area contributed by atoms with Crippen molar-refractivity contribution in [3.05, 3.63) is 125 Å². The Hall–Kier alpha value is -4.84. The Morgan fingerprint density at radius 3 is 2.29 bits per heavy atom. The minimum atomic E-state index is -0.541. The molecule has 4 aromatic rings. The van der Waals surface area contributed by atoms with Gasteiger partial charge in [0, 0.05) is 17.3 Å². The zero-order valence-corrected chi connectivity index (χ0v) is 21.6. The molecule has 0 bridgehead atoms. The SMILES string of the molecule is COc1cc(/C=C/C(=O)Oc2ccc(C(=O)Nc3ccc(C)cc3)cc2)ccc1OCc1ccccc1C. The average Bonchev–Trinajstić information content (AvgIpc) is 2.93. The molecule has 4 rings (SSSR count). The summed E-state index contributed by atoms with van der Waals surface area (Å²) in [5, 5.41) is 2.84. The Morgan fingerprint density at radius 2 is 1.58 bits per heavy atom. The van der Waals surface area contributed by atoms with Gasteiger partial charge in [-0.05, 0) is 85.1 Å². The third-order valence-corrected chi connectivity index (χ3v) is 5.89. The van der Waals surface area contributed by atoms with Crippen LogP contribution in [0.3, 0.4) is 0 Å². The lowest BCUT2D eigenvalue weighted by Crippen LogP contribution is -2.12. The maximum Gasteiger partial charge on any atom is 0.336 e. The molecule has 0 aromatic heterocycles. The van der Waals surface area contributed by atoms with Crippen molar-refractivity contribution in [2.75, 3.05) is 12.4 Å². The molecular formula is C32H29NO5. The molecular weight excluding hydrogens is 478 g/mol. The van der Waals surface area contributed by atoms with Crippen molar-refractivity contribution in [1.29, 1.82) is 0 Å². The van der Waals surface area contributed by atoms with Gasteiger partial charge < -0.3 is 19.5 Å². The summed E-state index contributed by atoms with van der Waals surface area (Å²) >= 11 is 0. The van der Waals surface area contributed by atoms with E-state index in [4.69, 9.17) is 14.2 Å². The van der Waals surface area contributed by atoms with Gasteiger partial charge in [-0.1, -0.05) is 48.0 Å². The number of aryl methyl sites for hydroxylation is 2. The Labute approximate surface area is 222 Å². The average molecular weight is 508 g/mol. The zero-order valence-electron chi connectivity index (χ0n) is 21.6. The number of amides is 1. The molecule has 6 heteroatoms. The van der Waals surface area contributed by atoms with E-state index < -0.39 is 5.97 Å². The lowest BCUT2D eigenvalue weighted by Gasteiger charge is -2.12. The molecule has 1 amide bonds. The van der Waals surface area contributed by atoms with Gasteiger partial charge in [0.2, 0.25) is 0 Å². The van der Waals surface area contributed by atoms with Crippen molar-refractivity contribution in [1.82, 2.24) is 0 Å². The fourth-order valence-corrected chi connectivity index (χ4v) is 3.66. The first-order valence-corrected chi connectivity index (χ1v) is 12.1. The van der Waals surface area contributed by atoms with Gasteiger partial charge >= 0.3 is 5.97 Å². The highest BCUT2D eigenvalue weighted by molar-refractivity contribution is 6.04. The topological polar surface area (TPSA) is 73.9 Å². The first-order chi connectivity index (χ1) is 18.4. The number of benzene rings is 4. The molecule has 0 aliphatic carbocycles. The van der Waals surface area contributed by atoms with Gasteiger partial charge in [-0.25, -0.2) is 4.79 Å². The lowest BCUT2D eigenvalue weighted by molar-refractivity contribution is -0.128. The van der Waals surface area contributed by atoms with Gasteiger partial charge in [-0.3, -0.25) is 4.79 Å². The molecule has 0 aliphatic rings. The van der Waals surface area contributed by atoms with Crippen LogP contribution >= 0.6 is 0 Å². The molecule has 38 heavy (non-hydrogen) atoms. The molecule has 0 aliphatic heterocycles. The number of anilines is 1. The van der Waals surface area contributed by atoms with Crippen LogP contribution < -0.4 is 19.5 Å². The van der Waals surface area contributed by atoms with E-state index >= 15 is 0 Å². The quantitative estimate of drug-likeness (QED) is 0.154. The second-order valence-corrected chi connectivity index (χ2v) is 8.72. The summed E-state index contributed by atoms with van der Waals surface area (Å²) in [5.74, 6) is 0.729. The van der Waals surface area contributed by atoms with Crippen molar-refractivity contribution in [3.63, 3.8) is 0 Å². The van der Waals surface area contributed by atoms with E-state index in [1.807, 2.05) is 74.5 Å². The molecule has 192 valence electrons. The third-order valence-electron chi connectivity index (χ3n) is 5.89. The number of nitrogens with one attached hydrogen (secondary N) is 1. The predicted octanol–water partition coefficient (Wildman–Crippen LogP) is 6.76. The number of esters is 1. The van der Waals surface area contributed by atoms with Crippen LogP contribution in [0.15, 0.2) is 97.1 Å². The fraction of sp³-hybridized carbons (Fsp3) is 0.125. The second kappa shape index (κ2) is 12.4. The van der Waals surface area contributed by atoms with Gasteiger partial charge in [0.1, 0.15) is 12.4 Å². The van der Waals surface area contributed by atoms with Gasteiger partial charge in [-0.15, -0.1) is 0 Å². The van der Waals surface area contributed by atoms with Crippen molar-refractivity contribution in [3.8, 4) is 17.2 Å². The van der Waals surface area contributed by atoms with Crippen LogP contribution in [0.4, 0.5) is 5.69 Å². The summed E-state index contributed by atoms with van der Waals surface area (Å²) in [5.41, 5.74) is 5.29. The van der Waals surface area contributed by atoms with Crippen molar-refractivity contribution in [2.24, 2.45) is 0 Å². The summed E-state index contributed by atoms with van der Waals surface area (Å²) in [4.78, 5) is 24.8. The van der Waals surface area contributed by atoms with Crippen LogP contribution in [0, 0.1) is 13.8 Å². The summed E-state index contributed by atoms with van der Waals surface area (Å²) in [6.07, 6.45) is 2.97. The number of carbonyl (C=O) groups excluding carboxylic acids is 2. The van der Waals surface area contributed by atoms with Crippen LogP contribution in [-0.4, -0.2) is 19.0 Å².